The van der Waals surface area contributed by atoms with Gasteiger partial charge in [-0.25, -0.2) is 4.99 Å². The maximum atomic E-state index is 6.29. The van der Waals surface area contributed by atoms with E-state index in [1.165, 1.54) is 0 Å². The molecule has 0 aliphatic heterocycles. The van der Waals surface area contributed by atoms with Crippen molar-refractivity contribution in [3.8, 4) is 11.5 Å². The first-order chi connectivity index (χ1) is 14.8. The Bertz CT molecular complexity index is 891. The molecule has 2 aromatic rings. The average molecular weight is 423 g/mol. The van der Waals surface area contributed by atoms with Crippen LogP contribution in [-0.4, -0.2) is 31.4 Å². The predicted molar refractivity (Wildman–Crippen MR) is 132 cm³/mol. The van der Waals surface area contributed by atoms with E-state index in [9.17, 15) is 0 Å². The first-order valence-corrected chi connectivity index (χ1v) is 11.2. The summed E-state index contributed by atoms with van der Waals surface area (Å²) in [5, 5.41) is 0. The van der Waals surface area contributed by atoms with Gasteiger partial charge in [-0.15, -0.1) is 6.58 Å². The number of ether oxygens (including phenoxy) is 2. The molecule has 0 heterocycles. The van der Waals surface area contributed by atoms with Gasteiger partial charge in [-0.05, 0) is 81.5 Å². The topological polar surface area (TPSA) is 34.1 Å². The Hall–Kier alpha value is -2.59. The quantitative estimate of drug-likeness (QED) is 0.156. The van der Waals surface area contributed by atoms with E-state index in [1.807, 2.05) is 36.5 Å². The molecule has 0 aliphatic carbocycles. The molecule has 1 unspecified atom stereocenters. The van der Waals surface area contributed by atoms with E-state index < -0.39 is 5.60 Å². The fourth-order valence-electron chi connectivity index (χ4n) is 3.26. The second kappa shape index (κ2) is 11.7. The van der Waals surface area contributed by atoms with E-state index in [0.717, 1.165) is 66.3 Å². The molecule has 168 valence electrons. The van der Waals surface area contributed by atoms with Crippen LogP contribution < -0.4 is 4.74 Å². The minimum atomic E-state index is -0.412. The van der Waals surface area contributed by atoms with Gasteiger partial charge in [0.05, 0.1) is 17.6 Å². The van der Waals surface area contributed by atoms with Crippen LogP contribution in [0.3, 0.4) is 0 Å². The van der Waals surface area contributed by atoms with Crippen molar-refractivity contribution >= 4 is 12.0 Å². The molecule has 0 spiro atoms. The number of aliphatic imine (C=N–C) groups is 1. The molecule has 2 aromatic carbocycles. The summed E-state index contributed by atoms with van der Waals surface area (Å²) >= 11 is 0. The smallest absolute Gasteiger partial charge is 0.130 e. The molecule has 0 saturated carbocycles. The highest BCUT2D eigenvalue weighted by molar-refractivity contribution is 5.64. The van der Waals surface area contributed by atoms with Crippen LogP contribution >= 0.6 is 0 Å². The number of unbranched alkanes of at least 4 members (excludes halogenated alkanes) is 1. The number of benzene rings is 2. The molecule has 1 atom stereocenters. The lowest BCUT2D eigenvalue weighted by molar-refractivity contribution is -0.0355. The molecule has 2 rings (SSSR count). The van der Waals surface area contributed by atoms with Crippen molar-refractivity contribution in [3.05, 3.63) is 65.7 Å². The first kappa shape index (κ1) is 24.7. The van der Waals surface area contributed by atoms with Crippen LogP contribution in [0, 0.1) is 13.8 Å². The van der Waals surface area contributed by atoms with Crippen LogP contribution in [0.4, 0.5) is 5.69 Å². The molecule has 0 N–H and O–H groups in total. The van der Waals surface area contributed by atoms with Crippen molar-refractivity contribution < 1.29 is 9.47 Å². The van der Waals surface area contributed by atoms with Crippen molar-refractivity contribution in [2.45, 2.75) is 59.5 Å². The van der Waals surface area contributed by atoms with Crippen molar-refractivity contribution in [2.75, 3.05) is 20.2 Å². The molecule has 0 saturated heterocycles. The Morgan fingerprint density at radius 1 is 1.13 bits per heavy atom. The molecule has 0 bridgehead atoms. The summed E-state index contributed by atoms with van der Waals surface area (Å²) in [5.74, 6) is 1.64. The largest absolute Gasteiger partial charge is 0.457 e. The van der Waals surface area contributed by atoms with Gasteiger partial charge >= 0.3 is 0 Å². The molecule has 0 aromatic heterocycles. The zero-order valence-corrected chi connectivity index (χ0v) is 20.1. The third kappa shape index (κ3) is 6.96. The Kier molecular flexibility index (Phi) is 9.32. The van der Waals surface area contributed by atoms with Crippen molar-refractivity contribution in [3.63, 3.8) is 0 Å². The zero-order chi connectivity index (χ0) is 22.9. The van der Waals surface area contributed by atoms with Crippen LogP contribution in [0.25, 0.3) is 0 Å². The van der Waals surface area contributed by atoms with Gasteiger partial charge < -0.3 is 14.4 Å². The maximum absolute atomic E-state index is 6.29. The third-order valence-electron chi connectivity index (χ3n) is 5.51. The summed E-state index contributed by atoms with van der Waals surface area (Å²) in [6.07, 6.45) is 6.69. The van der Waals surface area contributed by atoms with Crippen LogP contribution in [0.15, 0.2) is 54.0 Å². The number of hydrogen-bond donors (Lipinski definition) is 0. The molecule has 4 nitrogen and oxygen atoms in total. The Morgan fingerprint density at radius 3 is 2.58 bits per heavy atom. The van der Waals surface area contributed by atoms with Crippen LogP contribution in [0.2, 0.25) is 0 Å². The monoisotopic (exact) mass is 422 g/mol. The summed E-state index contributed by atoms with van der Waals surface area (Å²) < 4.78 is 12.6. The van der Waals surface area contributed by atoms with Crippen LogP contribution in [0.1, 0.15) is 56.7 Å². The van der Waals surface area contributed by atoms with Gasteiger partial charge in [-0.3, -0.25) is 0 Å². The standard InChI is InChI=1S/C27H38N2O2/c1-8-11-16-30-27(6,15-9-2)23-13-12-14-24(19-23)31-26-18-21(4)25(17-22(26)5)28-20-29(7)10-3/h9,12-14,17-20H,2,8,10-11,15-16H2,1,3-7H3/b28-20-. The molecule has 0 fully saturated rings. The fraction of sp³-hybridized carbons (Fsp3) is 0.444. The lowest BCUT2D eigenvalue weighted by Crippen LogP contribution is -2.26. The minimum Gasteiger partial charge on any atom is -0.457 e. The predicted octanol–water partition coefficient (Wildman–Crippen LogP) is 7.32. The van der Waals surface area contributed by atoms with Crippen molar-refractivity contribution in [1.29, 1.82) is 0 Å². The highest BCUT2D eigenvalue weighted by atomic mass is 16.5. The van der Waals surface area contributed by atoms with Gasteiger partial charge in [0.2, 0.25) is 0 Å². The van der Waals surface area contributed by atoms with Gasteiger partial charge in [-0.1, -0.05) is 31.6 Å². The van der Waals surface area contributed by atoms with Crippen LogP contribution in [0.5, 0.6) is 11.5 Å². The van der Waals surface area contributed by atoms with Crippen molar-refractivity contribution in [2.24, 2.45) is 4.99 Å². The van der Waals surface area contributed by atoms with Gasteiger partial charge in [0.1, 0.15) is 11.5 Å². The summed E-state index contributed by atoms with van der Waals surface area (Å²) in [6, 6.07) is 12.3. The van der Waals surface area contributed by atoms with E-state index in [1.54, 1.807) is 0 Å². The van der Waals surface area contributed by atoms with Crippen molar-refractivity contribution in [1.82, 2.24) is 4.90 Å². The molecular weight excluding hydrogens is 384 g/mol. The Labute approximate surface area is 188 Å². The minimum absolute atomic E-state index is 0.412. The van der Waals surface area contributed by atoms with Gasteiger partial charge in [-0.2, -0.15) is 0 Å². The number of rotatable bonds is 12. The van der Waals surface area contributed by atoms with Crippen LogP contribution in [-0.2, 0) is 10.3 Å². The average Bonchev–Trinajstić information content (AvgIpc) is 2.75. The van der Waals surface area contributed by atoms with E-state index in [2.05, 4.69) is 70.5 Å². The number of nitrogens with zero attached hydrogens (tertiary/aromatic N) is 2. The summed E-state index contributed by atoms with van der Waals surface area (Å²) in [5.41, 5.74) is 3.78. The molecule has 0 aliphatic rings. The summed E-state index contributed by atoms with van der Waals surface area (Å²) in [6.45, 7) is 16.1. The molecule has 0 amide bonds. The van der Waals surface area contributed by atoms with E-state index in [0.29, 0.717) is 0 Å². The van der Waals surface area contributed by atoms with E-state index in [4.69, 9.17) is 9.47 Å². The second-order valence-corrected chi connectivity index (χ2v) is 8.28. The Balaban J connectivity index is 2.26. The number of hydrogen-bond acceptors (Lipinski definition) is 3. The second-order valence-electron chi connectivity index (χ2n) is 8.28. The number of aryl methyl sites for hydroxylation is 2. The Morgan fingerprint density at radius 2 is 1.90 bits per heavy atom. The van der Waals surface area contributed by atoms with E-state index in [-0.39, 0.29) is 0 Å². The lowest BCUT2D eigenvalue weighted by Gasteiger charge is -2.30. The highest BCUT2D eigenvalue weighted by Gasteiger charge is 2.26. The molecule has 0 radical (unpaired) electrons. The molecule has 4 heteroatoms. The summed E-state index contributed by atoms with van der Waals surface area (Å²) in [4.78, 5) is 6.66. The lowest BCUT2D eigenvalue weighted by atomic mass is 9.92. The maximum Gasteiger partial charge on any atom is 0.130 e. The van der Waals surface area contributed by atoms with Gasteiger partial charge in [0.15, 0.2) is 0 Å². The highest BCUT2D eigenvalue weighted by Crippen LogP contribution is 2.35. The van der Waals surface area contributed by atoms with Gasteiger partial charge in [0.25, 0.3) is 0 Å². The fourth-order valence-corrected chi connectivity index (χ4v) is 3.26. The molecule has 31 heavy (non-hydrogen) atoms. The first-order valence-electron chi connectivity index (χ1n) is 11.2. The van der Waals surface area contributed by atoms with Gasteiger partial charge in [0, 0.05) is 20.2 Å². The molecular formula is C27H38N2O2. The van der Waals surface area contributed by atoms with E-state index >= 15 is 0 Å². The zero-order valence-electron chi connectivity index (χ0n) is 20.1. The SMILES string of the molecule is C=CCC(C)(OCCCC)c1cccc(Oc2cc(C)c(/N=C\N(C)CC)cc2C)c1. The summed E-state index contributed by atoms with van der Waals surface area (Å²) in [7, 11) is 2.02. The third-order valence-corrected chi connectivity index (χ3v) is 5.51. The normalized spacial score (nSPS) is 13.2.